The number of anilines is 2. The molecule has 6 nitrogen and oxygen atoms in total. The molecular weight excluding hydrogens is 310 g/mol. The van der Waals surface area contributed by atoms with Crippen molar-refractivity contribution in [2.45, 2.75) is 13.8 Å². The minimum Gasteiger partial charge on any atom is -0.495 e. The smallest absolute Gasteiger partial charge is 0.231 e. The van der Waals surface area contributed by atoms with Crippen LogP contribution >= 0.6 is 11.3 Å². The van der Waals surface area contributed by atoms with E-state index in [2.05, 4.69) is 29.2 Å². The number of ether oxygens (including phenoxy) is 1. The van der Waals surface area contributed by atoms with Crippen LogP contribution in [0.15, 0.2) is 30.6 Å². The molecule has 0 aliphatic heterocycles. The highest BCUT2D eigenvalue weighted by atomic mass is 32.1. The Bertz CT molecular complexity index is 1020. The molecule has 3 aromatic heterocycles. The van der Waals surface area contributed by atoms with Crippen LogP contribution in [0.25, 0.3) is 15.9 Å². The number of thiophene rings is 1. The lowest BCUT2D eigenvalue weighted by atomic mass is 10.2. The molecule has 4 aromatic rings. The second-order valence-electron chi connectivity index (χ2n) is 5.22. The minimum atomic E-state index is 0.621. The third-order valence-electron chi connectivity index (χ3n) is 3.90. The molecule has 0 radical (unpaired) electrons. The molecule has 0 saturated carbocycles. The highest BCUT2D eigenvalue weighted by Crippen LogP contribution is 2.34. The van der Waals surface area contributed by atoms with Gasteiger partial charge in [-0.3, -0.25) is 0 Å². The van der Waals surface area contributed by atoms with Gasteiger partial charge in [-0.15, -0.1) is 11.3 Å². The predicted octanol–water partition coefficient (Wildman–Crippen LogP) is 3.71. The summed E-state index contributed by atoms with van der Waals surface area (Å²) in [5.41, 5.74) is 2.86. The zero-order valence-electron chi connectivity index (χ0n) is 13.0. The lowest BCUT2D eigenvalue weighted by Gasteiger charge is -2.11. The molecule has 0 amide bonds. The summed E-state index contributed by atoms with van der Waals surface area (Å²) in [7, 11) is 1.65. The third-order valence-corrected chi connectivity index (χ3v) is 5.00. The quantitative estimate of drug-likeness (QED) is 0.622. The van der Waals surface area contributed by atoms with Crippen LogP contribution < -0.4 is 10.1 Å². The number of methoxy groups -OCH3 is 1. The van der Waals surface area contributed by atoms with Crippen LogP contribution in [0.2, 0.25) is 0 Å². The van der Waals surface area contributed by atoms with Crippen molar-refractivity contribution in [3.63, 3.8) is 0 Å². The molecule has 0 fully saturated rings. The van der Waals surface area contributed by atoms with Crippen LogP contribution in [-0.4, -0.2) is 26.7 Å². The minimum absolute atomic E-state index is 0.621. The van der Waals surface area contributed by atoms with Gasteiger partial charge in [0.2, 0.25) is 5.95 Å². The summed E-state index contributed by atoms with van der Waals surface area (Å²) in [5.74, 6) is 1.37. The van der Waals surface area contributed by atoms with E-state index in [0.717, 1.165) is 27.3 Å². The highest BCUT2D eigenvalue weighted by Gasteiger charge is 2.16. The molecule has 0 saturated heterocycles. The molecule has 0 spiro atoms. The number of aromatic nitrogens is 4. The Balaban J connectivity index is 1.94. The summed E-state index contributed by atoms with van der Waals surface area (Å²) in [6.07, 6.45) is 1.55. The molecule has 0 bridgehead atoms. The first kappa shape index (κ1) is 14.0. The monoisotopic (exact) mass is 325 g/mol. The molecule has 0 aliphatic rings. The van der Waals surface area contributed by atoms with Gasteiger partial charge in [-0.05, 0) is 31.5 Å². The van der Waals surface area contributed by atoms with Crippen molar-refractivity contribution in [3.05, 3.63) is 41.0 Å². The third kappa shape index (κ3) is 2.12. The molecule has 4 rings (SSSR count). The van der Waals surface area contributed by atoms with Crippen molar-refractivity contribution in [3.8, 4) is 5.75 Å². The zero-order chi connectivity index (χ0) is 16.0. The van der Waals surface area contributed by atoms with Gasteiger partial charge >= 0.3 is 0 Å². The fourth-order valence-electron chi connectivity index (χ4n) is 2.61. The summed E-state index contributed by atoms with van der Waals surface area (Å²) in [6, 6.07) is 7.72. The van der Waals surface area contributed by atoms with Crippen LogP contribution in [0.3, 0.4) is 0 Å². The van der Waals surface area contributed by atoms with Crippen molar-refractivity contribution in [2.75, 3.05) is 12.4 Å². The van der Waals surface area contributed by atoms with E-state index in [1.165, 1.54) is 10.4 Å². The molecule has 23 heavy (non-hydrogen) atoms. The maximum atomic E-state index is 5.39. The van der Waals surface area contributed by atoms with Gasteiger partial charge < -0.3 is 10.1 Å². The Morgan fingerprint density at radius 3 is 2.87 bits per heavy atom. The molecule has 0 aliphatic carbocycles. The van der Waals surface area contributed by atoms with E-state index in [4.69, 9.17) is 9.72 Å². The van der Waals surface area contributed by atoms with Crippen molar-refractivity contribution < 1.29 is 4.74 Å². The first-order valence-corrected chi connectivity index (χ1v) is 8.00. The van der Waals surface area contributed by atoms with Gasteiger partial charge in [0, 0.05) is 4.88 Å². The van der Waals surface area contributed by atoms with Gasteiger partial charge in [-0.25, -0.2) is 9.97 Å². The molecule has 1 N–H and O–H groups in total. The van der Waals surface area contributed by atoms with Crippen LogP contribution in [0.4, 0.5) is 11.6 Å². The van der Waals surface area contributed by atoms with Crippen LogP contribution in [0.1, 0.15) is 10.4 Å². The van der Waals surface area contributed by atoms with Crippen LogP contribution in [0, 0.1) is 13.8 Å². The maximum Gasteiger partial charge on any atom is 0.231 e. The zero-order valence-corrected chi connectivity index (χ0v) is 13.8. The number of fused-ring (bicyclic) bond motifs is 3. The van der Waals surface area contributed by atoms with E-state index >= 15 is 0 Å². The van der Waals surface area contributed by atoms with E-state index in [0.29, 0.717) is 5.95 Å². The molecule has 116 valence electrons. The number of nitrogens with zero attached hydrogens (tertiary/aromatic N) is 4. The Morgan fingerprint density at radius 1 is 1.22 bits per heavy atom. The van der Waals surface area contributed by atoms with E-state index in [9.17, 15) is 0 Å². The number of rotatable bonds is 3. The summed E-state index contributed by atoms with van der Waals surface area (Å²) in [6.45, 7) is 4.19. The average molecular weight is 325 g/mol. The fourth-order valence-corrected chi connectivity index (χ4v) is 3.63. The lowest BCUT2D eigenvalue weighted by molar-refractivity contribution is 0.417. The molecule has 3 heterocycles. The van der Waals surface area contributed by atoms with Crippen LogP contribution in [0.5, 0.6) is 5.75 Å². The first-order valence-electron chi connectivity index (χ1n) is 7.18. The highest BCUT2D eigenvalue weighted by molar-refractivity contribution is 7.18. The van der Waals surface area contributed by atoms with Crippen LogP contribution in [-0.2, 0) is 0 Å². The number of hydrogen-bond donors (Lipinski definition) is 1. The van der Waals surface area contributed by atoms with Crippen molar-refractivity contribution in [2.24, 2.45) is 0 Å². The number of para-hydroxylation sites is 2. The van der Waals surface area contributed by atoms with E-state index in [1.807, 2.05) is 24.3 Å². The van der Waals surface area contributed by atoms with E-state index in [-0.39, 0.29) is 0 Å². The van der Waals surface area contributed by atoms with Crippen molar-refractivity contribution >= 4 is 38.8 Å². The molecule has 0 unspecified atom stereocenters. The summed E-state index contributed by atoms with van der Waals surface area (Å²) in [4.78, 5) is 11.4. The fraction of sp³-hybridized carbons (Fsp3) is 0.188. The van der Waals surface area contributed by atoms with E-state index in [1.54, 1.807) is 29.3 Å². The SMILES string of the molecule is COc1ccccc1Nc1nc2sc(C)c(C)c2c2ncnn12. The van der Waals surface area contributed by atoms with Gasteiger partial charge in [-0.1, -0.05) is 12.1 Å². The Hall–Kier alpha value is -2.67. The van der Waals surface area contributed by atoms with Gasteiger partial charge in [-0.2, -0.15) is 9.61 Å². The van der Waals surface area contributed by atoms with Gasteiger partial charge in [0.15, 0.2) is 5.65 Å². The molecule has 0 atom stereocenters. The van der Waals surface area contributed by atoms with Crippen molar-refractivity contribution in [1.29, 1.82) is 0 Å². The lowest BCUT2D eigenvalue weighted by Crippen LogP contribution is -2.04. The number of benzene rings is 1. The summed E-state index contributed by atoms with van der Waals surface area (Å²) in [5, 5.41) is 8.68. The Morgan fingerprint density at radius 2 is 2.04 bits per heavy atom. The largest absolute Gasteiger partial charge is 0.495 e. The average Bonchev–Trinajstić information content (AvgIpc) is 3.14. The molecular formula is C16H15N5OS. The Labute approximate surface area is 136 Å². The van der Waals surface area contributed by atoms with Gasteiger partial charge in [0.1, 0.15) is 16.9 Å². The molecule has 7 heteroatoms. The second-order valence-corrected chi connectivity index (χ2v) is 6.42. The first-order chi connectivity index (χ1) is 11.2. The number of nitrogens with one attached hydrogen (secondary N) is 1. The topological polar surface area (TPSA) is 64.3 Å². The Kier molecular flexibility index (Phi) is 3.16. The second kappa shape index (κ2) is 5.20. The van der Waals surface area contributed by atoms with E-state index < -0.39 is 0 Å². The van der Waals surface area contributed by atoms with Crippen molar-refractivity contribution in [1.82, 2.24) is 19.6 Å². The maximum absolute atomic E-state index is 5.39. The molecule has 1 aromatic carbocycles. The summed E-state index contributed by atoms with van der Waals surface area (Å²) >= 11 is 1.67. The standard InChI is InChI=1S/C16H15N5OS/c1-9-10(2)23-15-13(9)14-17-8-18-21(14)16(20-15)19-11-6-4-5-7-12(11)22-3/h4-8H,1-3H3,(H,19,20). The number of hydrogen-bond acceptors (Lipinski definition) is 6. The number of aryl methyl sites for hydroxylation is 2. The summed E-state index contributed by atoms with van der Waals surface area (Å²) < 4.78 is 7.12. The van der Waals surface area contributed by atoms with Gasteiger partial charge in [0.05, 0.1) is 18.2 Å². The van der Waals surface area contributed by atoms with Gasteiger partial charge in [0.25, 0.3) is 0 Å². The predicted molar refractivity (Wildman–Crippen MR) is 91.9 cm³/mol. The normalized spacial score (nSPS) is 11.3.